The van der Waals surface area contributed by atoms with E-state index in [-0.39, 0.29) is 24.2 Å². The van der Waals surface area contributed by atoms with Gasteiger partial charge in [0.05, 0.1) is 18.2 Å². The lowest BCUT2D eigenvalue weighted by molar-refractivity contribution is 0.0858. The molecule has 120 valence electrons. The molecule has 2 aliphatic heterocycles. The van der Waals surface area contributed by atoms with Crippen molar-refractivity contribution in [2.75, 3.05) is 12.4 Å². The van der Waals surface area contributed by atoms with Gasteiger partial charge in [-0.3, -0.25) is 0 Å². The van der Waals surface area contributed by atoms with Crippen molar-refractivity contribution in [1.29, 1.82) is 0 Å². The van der Waals surface area contributed by atoms with E-state index in [4.69, 9.17) is 16.3 Å². The highest BCUT2D eigenvalue weighted by Crippen LogP contribution is 2.37. The molecule has 1 fully saturated rings. The van der Waals surface area contributed by atoms with E-state index < -0.39 is 0 Å². The summed E-state index contributed by atoms with van der Waals surface area (Å²) in [5, 5.41) is 6.79. The highest BCUT2D eigenvalue weighted by Gasteiger charge is 2.26. The molecule has 2 aliphatic rings. The van der Waals surface area contributed by atoms with Crippen molar-refractivity contribution < 1.29 is 9.53 Å². The van der Waals surface area contributed by atoms with Crippen LogP contribution in [-0.4, -0.2) is 30.5 Å². The van der Waals surface area contributed by atoms with E-state index in [1.54, 1.807) is 0 Å². The molecule has 22 heavy (non-hydrogen) atoms. The highest BCUT2D eigenvalue weighted by atomic mass is 35.5. The number of carbonyl (C=O) groups excluding carboxylic acids is 1. The summed E-state index contributed by atoms with van der Waals surface area (Å²) in [6.45, 7) is 2.79. The quantitative estimate of drug-likeness (QED) is 0.881. The minimum Gasteiger partial charge on any atom is -0.376 e. The molecule has 0 radical (unpaired) electrons. The number of halogens is 1. The molecule has 0 saturated carbocycles. The topological polar surface area (TPSA) is 50.4 Å². The molecular weight excluding hydrogens is 320 g/mol. The summed E-state index contributed by atoms with van der Waals surface area (Å²) in [6, 6.07) is 5.80. The first-order chi connectivity index (χ1) is 10.6. The Labute approximate surface area is 140 Å². The molecule has 3 rings (SSSR count). The molecular formula is C16H21ClN2O2S. The maximum absolute atomic E-state index is 12.3. The van der Waals surface area contributed by atoms with Crippen molar-refractivity contribution in [1.82, 2.24) is 10.6 Å². The Morgan fingerprint density at radius 3 is 3.09 bits per heavy atom. The second kappa shape index (κ2) is 7.11. The van der Waals surface area contributed by atoms with E-state index in [2.05, 4.69) is 10.6 Å². The lowest BCUT2D eigenvalue weighted by Gasteiger charge is -2.27. The number of hydrogen-bond donors (Lipinski definition) is 2. The van der Waals surface area contributed by atoms with Crippen molar-refractivity contribution in [3.05, 3.63) is 28.8 Å². The highest BCUT2D eigenvalue weighted by molar-refractivity contribution is 7.99. The van der Waals surface area contributed by atoms with Crippen molar-refractivity contribution >= 4 is 29.4 Å². The van der Waals surface area contributed by atoms with Crippen LogP contribution in [0.2, 0.25) is 5.02 Å². The Kier molecular flexibility index (Phi) is 5.16. The van der Waals surface area contributed by atoms with Gasteiger partial charge in [-0.25, -0.2) is 4.79 Å². The van der Waals surface area contributed by atoms with Crippen LogP contribution in [0.3, 0.4) is 0 Å². The molecule has 0 aliphatic carbocycles. The first kappa shape index (κ1) is 16.0. The van der Waals surface area contributed by atoms with E-state index in [0.29, 0.717) is 5.02 Å². The van der Waals surface area contributed by atoms with E-state index >= 15 is 0 Å². The number of rotatable bonds is 3. The second-order valence-corrected chi connectivity index (χ2v) is 7.40. The van der Waals surface area contributed by atoms with Crippen LogP contribution in [0.25, 0.3) is 0 Å². The molecule has 2 N–H and O–H groups in total. The first-order valence-electron chi connectivity index (χ1n) is 7.74. The van der Waals surface area contributed by atoms with Crippen LogP contribution in [0, 0.1) is 0 Å². The van der Waals surface area contributed by atoms with E-state index in [9.17, 15) is 4.79 Å². The summed E-state index contributed by atoms with van der Waals surface area (Å²) >= 11 is 7.91. The molecule has 0 unspecified atom stereocenters. The predicted octanol–water partition coefficient (Wildman–Crippen LogP) is 3.74. The normalized spacial score (nSPS) is 25.4. The summed E-state index contributed by atoms with van der Waals surface area (Å²) in [4.78, 5) is 13.5. The van der Waals surface area contributed by atoms with Gasteiger partial charge in [-0.2, -0.15) is 0 Å². The summed E-state index contributed by atoms with van der Waals surface area (Å²) in [5.41, 5.74) is 1.11. The fraction of sp³-hybridized carbons (Fsp3) is 0.562. The maximum atomic E-state index is 12.3. The molecule has 1 aromatic rings. The Balaban J connectivity index is 1.61. The number of carbonyl (C=O) groups is 1. The Morgan fingerprint density at radius 1 is 1.45 bits per heavy atom. The fourth-order valence-electron chi connectivity index (χ4n) is 3.01. The fourth-order valence-corrected chi connectivity index (χ4v) is 4.30. The van der Waals surface area contributed by atoms with Gasteiger partial charge in [-0.15, -0.1) is 11.8 Å². The zero-order chi connectivity index (χ0) is 15.5. The molecule has 1 saturated heterocycles. The van der Waals surface area contributed by atoms with Crippen LogP contribution >= 0.6 is 23.4 Å². The zero-order valence-electron chi connectivity index (χ0n) is 12.6. The number of thioether (sulfide) groups is 1. The Morgan fingerprint density at radius 2 is 2.32 bits per heavy atom. The molecule has 4 nitrogen and oxygen atoms in total. The van der Waals surface area contributed by atoms with Crippen LogP contribution in [0.1, 0.15) is 37.8 Å². The Bertz CT molecular complexity index is 549. The molecule has 0 aromatic heterocycles. The van der Waals surface area contributed by atoms with Gasteiger partial charge in [0.1, 0.15) is 0 Å². The van der Waals surface area contributed by atoms with Gasteiger partial charge < -0.3 is 15.4 Å². The Hall–Kier alpha value is -0.910. The van der Waals surface area contributed by atoms with Crippen LogP contribution in [0.5, 0.6) is 0 Å². The van der Waals surface area contributed by atoms with E-state index in [0.717, 1.165) is 37.2 Å². The average molecular weight is 341 g/mol. The van der Waals surface area contributed by atoms with Crippen LogP contribution in [0.15, 0.2) is 23.1 Å². The molecule has 3 atom stereocenters. The minimum atomic E-state index is -0.133. The predicted molar refractivity (Wildman–Crippen MR) is 89.6 cm³/mol. The van der Waals surface area contributed by atoms with Crippen molar-refractivity contribution in [3.8, 4) is 0 Å². The van der Waals surface area contributed by atoms with Crippen molar-refractivity contribution in [2.45, 2.75) is 49.3 Å². The minimum absolute atomic E-state index is 0.0200. The third kappa shape index (κ3) is 3.70. The monoisotopic (exact) mass is 340 g/mol. The van der Waals surface area contributed by atoms with Crippen molar-refractivity contribution in [2.24, 2.45) is 0 Å². The van der Waals surface area contributed by atoms with Gasteiger partial charge in [0, 0.05) is 22.3 Å². The number of amides is 2. The van der Waals surface area contributed by atoms with Gasteiger partial charge in [0.15, 0.2) is 0 Å². The number of benzene rings is 1. The summed E-state index contributed by atoms with van der Waals surface area (Å²) in [7, 11) is 0. The smallest absolute Gasteiger partial charge is 0.315 e. The van der Waals surface area contributed by atoms with Crippen LogP contribution in [0.4, 0.5) is 4.79 Å². The van der Waals surface area contributed by atoms with Gasteiger partial charge in [-0.05, 0) is 49.9 Å². The number of urea groups is 1. The first-order valence-corrected chi connectivity index (χ1v) is 9.11. The lowest BCUT2D eigenvalue weighted by Crippen LogP contribution is -2.47. The van der Waals surface area contributed by atoms with Crippen molar-refractivity contribution in [3.63, 3.8) is 0 Å². The molecule has 6 heteroatoms. The standard InChI is InChI=1S/C16H21ClN2O2S/c1-10(14-3-2-7-21-14)18-16(20)19-13-6-8-22-15-5-4-11(17)9-12(13)15/h4-5,9-10,13-14H,2-3,6-8H2,1H3,(H2,18,19,20)/t10-,13-,14-/m0/s1. The van der Waals surface area contributed by atoms with E-state index in [1.165, 1.54) is 4.90 Å². The maximum Gasteiger partial charge on any atom is 0.315 e. The van der Waals surface area contributed by atoms with Gasteiger partial charge >= 0.3 is 6.03 Å². The second-order valence-electron chi connectivity index (χ2n) is 5.83. The lowest BCUT2D eigenvalue weighted by atomic mass is 10.0. The van der Waals surface area contributed by atoms with Crippen LogP contribution < -0.4 is 10.6 Å². The molecule has 0 spiro atoms. The number of nitrogens with one attached hydrogen (secondary N) is 2. The molecule has 1 aromatic carbocycles. The van der Waals surface area contributed by atoms with E-state index in [1.807, 2.05) is 36.9 Å². The van der Waals surface area contributed by atoms with Gasteiger partial charge in [0.2, 0.25) is 0 Å². The largest absolute Gasteiger partial charge is 0.376 e. The third-order valence-electron chi connectivity index (χ3n) is 4.20. The average Bonchev–Trinajstić information content (AvgIpc) is 3.02. The molecule has 2 heterocycles. The van der Waals surface area contributed by atoms with Gasteiger partial charge in [-0.1, -0.05) is 11.6 Å². The number of ether oxygens (including phenoxy) is 1. The SMILES string of the molecule is C[C@H](NC(=O)N[C@H]1CCSc2ccc(Cl)cc21)[C@@H]1CCCO1. The number of hydrogen-bond acceptors (Lipinski definition) is 3. The molecule has 0 bridgehead atoms. The third-order valence-corrected chi connectivity index (χ3v) is 5.56. The summed E-state index contributed by atoms with van der Waals surface area (Å²) in [6.07, 6.45) is 3.14. The van der Waals surface area contributed by atoms with Crippen LogP contribution in [-0.2, 0) is 4.74 Å². The van der Waals surface area contributed by atoms with Gasteiger partial charge in [0.25, 0.3) is 0 Å². The number of fused-ring (bicyclic) bond motifs is 1. The molecule has 2 amide bonds. The zero-order valence-corrected chi connectivity index (χ0v) is 14.2. The summed E-state index contributed by atoms with van der Waals surface area (Å²) < 4.78 is 5.61. The summed E-state index contributed by atoms with van der Waals surface area (Å²) in [5.74, 6) is 1.00.